The van der Waals surface area contributed by atoms with Gasteiger partial charge in [0.15, 0.2) is 0 Å². The number of alkyl halides is 2. The molecule has 1 aliphatic rings. The topological polar surface area (TPSA) is 46.5 Å². The summed E-state index contributed by atoms with van der Waals surface area (Å²) in [6.45, 7) is -0.733. The Kier molecular flexibility index (Phi) is 5.09. The minimum Gasteiger partial charge on any atom is -0.487 e. The van der Waals surface area contributed by atoms with E-state index in [2.05, 4.69) is 0 Å². The summed E-state index contributed by atoms with van der Waals surface area (Å²) in [6, 6.07) is 3.83. The summed E-state index contributed by atoms with van der Waals surface area (Å²) in [4.78, 5) is 10.9. The van der Waals surface area contributed by atoms with E-state index >= 15 is 0 Å². The lowest BCUT2D eigenvalue weighted by molar-refractivity contribution is -0.142. The fraction of sp³-hybridized carbons (Fsp3) is 0.533. The molecule has 0 amide bonds. The molecule has 2 rings (SSSR count). The molecule has 0 radical (unpaired) electrons. The normalized spacial score (nSPS) is 22.3. The van der Waals surface area contributed by atoms with Crippen LogP contribution in [0.1, 0.15) is 37.2 Å². The number of hydrogen-bond donors (Lipinski definition) is 1. The third-order valence-corrected chi connectivity index (χ3v) is 3.85. The lowest BCUT2D eigenvalue weighted by Gasteiger charge is -2.27. The highest BCUT2D eigenvalue weighted by atomic mass is 19.3. The minimum atomic E-state index is -2.59. The van der Waals surface area contributed by atoms with Gasteiger partial charge in [0.1, 0.15) is 18.2 Å². The summed E-state index contributed by atoms with van der Waals surface area (Å²) in [5, 5.41) is 8.97. The van der Waals surface area contributed by atoms with Crippen molar-refractivity contribution in [2.24, 2.45) is 5.92 Å². The van der Waals surface area contributed by atoms with Crippen molar-refractivity contribution in [2.45, 2.75) is 38.0 Å². The van der Waals surface area contributed by atoms with E-state index in [0.717, 1.165) is 0 Å². The summed E-state index contributed by atoms with van der Waals surface area (Å²) in [5.74, 6) is -1.43. The van der Waals surface area contributed by atoms with Gasteiger partial charge in [-0.25, -0.2) is 13.2 Å². The molecule has 1 aromatic rings. The summed E-state index contributed by atoms with van der Waals surface area (Å²) in [5.41, 5.74) is 0.555. The Hall–Kier alpha value is -1.72. The van der Waals surface area contributed by atoms with Gasteiger partial charge in [0.2, 0.25) is 0 Å². The van der Waals surface area contributed by atoms with E-state index in [1.54, 1.807) is 0 Å². The quantitative estimate of drug-likeness (QED) is 0.899. The fourth-order valence-electron chi connectivity index (χ4n) is 2.77. The summed E-state index contributed by atoms with van der Waals surface area (Å²) in [6.07, 6.45) is -0.405. The number of hydrogen-bond acceptors (Lipinski definition) is 2. The van der Waals surface area contributed by atoms with Gasteiger partial charge in [0, 0.05) is 5.56 Å². The smallest absolute Gasteiger partial charge is 0.306 e. The number of halogens is 3. The first-order chi connectivity index (χ1) is 9.97. The molecule has 0 atom stereocenters. The lowest BCUT2D eigenvalue weighted by Crippen LogP contribution is -2.21. The van der Waals surface area contributed by atoms with Gasteiger partial charge in [-0.05, 0) is 49.8 Å². The molecule has 1 aliphatic carbocycles. The highest BCUT2D eigenvalue weighted by Crippen LogP contribution is 2.40. The molecule has 0 unspecified atom stereocenters. The Morgan fingerprint density at radius 3 is 2.52 bits per heavy atom. The maximum absolute atomic E-state index is 13.4. The molecule has 3 nitrogen and oxygen atoms in total. The van der Waals surface area contributed by atoms with E-state index in [9.17, 15) is 18.0 Å². The zero-order valence-corrected chi connectivity index (χ0v) is 11.4. The Balaban J connectivity index is 2.11. The van der Waals surface area contributed by atoms with Crippen LogP contribution in [0, 0.1) is 11.7 Å². The standard InChI is InChI=1S/C15H17F3O3/c16-11-5-6-13(21-8-14(17)18)12(7-11)9-1-3-10(4-2-9)15(19)20/h5-7,9-10,14H,1-4,8H2,(H,19,20). The number of carbonyl (C=O) groups is 1. The number of ether oxygens (including phenoxy) is 1. The van der Waals surface area contributed by atoms with Crippen LogP contribution in [-0.4, -0.2) is 24.1 Å². The van der Waals surface area contributed by atoms with Crippen LogP contribution in [0.4, 0.5) is 13.2 Å². The van der Waals surface area contributed by atoms with E-state index in [1.165, 1.54) is 18.2 Å². The van der Waals surface area contributed by atoms with E-state index in [4.69, 9.17) is 9.84 Å². The van der Waals surface area contributed by atoms with Crippen molar-refractivity contribution in [3.8, 4) is 5.75 Å². The Labute approximate surface area is 120 Å². The Morgan fingerprint density at radius 2 is 1.95 bits per heavy atom. The fourth-order valence-corrected chi connectivity index (χ4v) is 2.77. The summed E-state index contributed by atoms with van der Waals surface area (Å²) < 4.78 is 43.0. The SMILES string of the molecule is O=C(O)C1CCC(c2cc(F)ccc2OCC(F)F)CC1. The van der Waals surface area contributed by atoms with Crippen LogP contribution in [0.15, 0.2) is 18.2 Å². The van der Waals surface area contributed by atoms with Crippen molar-refractivity contribution in [1.82, 2.24) is 0 Å². The van der Waals surface area contributed by atoms with Crippen molar-refractivity contribution >= 4 is 5.97 Å². The molecule has 0 heterocycles. The number of carboxylic acids is 1. The molecule has 116 valence electrons. The molecule has 21 heavy (non-hydrogen) atoms. The highest BCUT2D eigenvalue weighted by Gasteiger charge is 2.28. The third kappa shape index (κ3) is 4.12. The van der Waals surface area contributed by atoms with Crippen LogP contribution < -0.4 is 4.74 Å². The first-order valence-electron chi connectivity index (χ1n) is 6.90. The molecule has 1 aromatic carbocycles. The second kappa shape index (κ2) is 6.83. The van der Waals surface area contributed by atoms with E-state index < -0.39 is 24.8 Å². The molecular formula is C15H17F3O3. The van der Waals surface area contributed by atoms with Crippen molar-refractivity contribution < 1.29 is 27.8 Å². The van der Waals surface area contributed by atoms with E-state index in [1.807, 2.05) is 0 Å². The zero-order valence-electron chi connectivity index (χ0n) is 11.4. The van der Waals surface area contributed by atoms with Crippen LogP contribution in [-0.2, 0) is 4.79 Å². The van der Waals surface area contributed by atoms with E-state index in [-0.39, 0.29) is 17.6 Å². The highest BCUT2D eigenvalue weighted by molar-refractivity contribution is 5.70. The maximum atomic E-state index is 13.4. The minimum absolute atomic E-state index is 0.0519. The van der Waals surface area contributed by atoms with Crippen LogP contribution >= 0.6 is 0 Å². The van der Waals surface area contributed by atoms with Gasteiger partial charge in [-0.2, -0.15) is 0 Å². The van der Waals surface area contributed by atoms with E-state index in [0.29, 0.717) is 31.2 Å². The average Bonchev–Trinajstić information content (AvgIpc) is 2.46. The molecule has 1 N–H and O–H groups in total. The summed E-state index contributed by atoms with van der Waals surface area (Å²) >= 11 is 0. The number of carboxylic acid groups (broad SMARTS) is 1. The first kappa shape index (κ1) is 15.7. The molecule has 6 heteroatoms. The largest absolute Gasteiger partial charge is 0.487 e. The van der Waals surface area contributed by atoms with Gasteiger partial charge >= 0.3 is 5.97 Å². The molecule has 1 saturated carbocycles. The predicted molar refractivity (Wildman–Crippen MR) is 70.2 cm³/mol. The number of aliphatic carboxylic acids is 1. The van der Waals surface area contributed by atoms with Gasteiger partial charge in [-0.1, -0.05) is 0 Å². The first-order valence-corrected chi connectivity index (χ1v) is 6.90. The third-order valence-electron chi connectivity index (χ3n) is 3.85. The van der Waals surface area contributed by atoms with Crippen LogP contribution in [0.2, 0.25) is 0 Å². The van der Waals surface area contributed by atoms with Gasteiger partial charge in [-0.15, -0.1) is 0 Å². The molecule has 0 aromatic heterocycles. The predicted octanol–water partition coefficient (Wildman–Crippen LogP) is 3.83. The Bertz CT molecular complexity index is 497. The molecule has 1 fully saturated rings. The van der Waals surface area contributed by atoms with Gasteiger partial charge in [-0.3, -0.25) is 4.79 Å². The second-order valence-corrected chi connectivity index (χ2v) is 5.27. The molecular weight excluding hydrogens is 285 g/mol. The molecule has 0 bridgehead atoms. The number of benzene rings is 1. The zero-order chi connectivity index (χ0) is 15.4. The van der Waals surface area contributed by atoms with Crippen LogP contribution in [0.3, 0.4) is 0 Å². The second-order valence-electron chi connectivity index (χ2n) is 5.27. The van der Waals surface area contributed by atoms with Crippen LogP contribution in [0.5, 0.6) is 5.75 Å². The monoisotopic (exact) mass is 302 g/mol. The van der Waals surface area contributed by atoms with Crippen molar-refractivity contribution in [1.29, 1.82) is 0 Å². The van der Waals surface area contributed by atoms with Gasteiger partial charge in [0.25, 0.3) is 6.43 Å². The van der Waals surface area contributed by atoms with Crippen molar-refractivity contribution in [2.75, 3.05) is 6.61 Å². The number of rotatable bonds is 5. The van der Waals surface area contributed by atoms with Crippen LogP contribution in [0.25, 0.3) is 0 Å². The molecule has 0 saturated heterocycles. The Morgan fingerprint density at radius 1 is 1.29 bits per heavy atom. The van der Waals surface area contributed by atoms with Gasteiger partial charge in [0.05, 0.1) is 5.92 Å². The average molecular weight is 302 g/mol. The molecule has 0 aliphatic heterocycles. The lowest BCUT2D eigenvalue weighted by atomic mass is 9.78. The van der Waals surface area contributed by atoms with Crippen molar-refractivity contribution in [3.63, 3.8) is 0 Å². The van der Waals surface area contributed by atoms with Crippen molar-refractivity contribution in [3.05, 3.63) is 29.6 Å². The summed E-state index contributed by atoms with van der Waals surface area (Å²) in [7, 11) is 0. The molecule has 0 spiro atoms. The maximum Gasteiger partial charge on any atom is 0.306 e. The van der Waals surface area contributed by atoms with Gasteiger partial charge < -0.3 is 9.84 Å².